The van der Waals surface area contributed by atoms with E-state index in [4.69, 9.17) is 4.74 Å². The van der Waals surface area contributed by atoms with E-state index in [1.54, 1.807) is 20.8 Å². The van der Waals surface area contributed by atoms with Crippen molar-refractivity contribution in [2.24, 2.45) is 5.92 Å². The molecule has 0 aromatic heterocycles. The SMILES string of the molecule is CC(C)(C)OC(=O)[C@H]1C[C@@H](Cc2ccccc2)C(=O)N1O. The molecule has 1 amide bonds. The lowest BCUT2D eigenvalue weighted by Gasteiger charge is -2.23. The highest BCUT2D eigenvalue weighted by atomic mass is 16.6. The van der Waals surface area contributed by atoms with Gasteiger partial charge in [0.2, 0.25) is 5.91 Å². The van der Waals surface area contributed by atoms with E-state index in [1.165, 1.54) is 0 Å². The molecule has 1 aliphatic heterocycles. The molecular weight excluding hydrogens is 270 g/mol. The molecule has 0 unspecified atom stereocenters. The number of esters is 1. The van der Waals surface area contributed by atoms with Gasteiger partial charge in [-0.25, -0.2) is 9.86 Å². The van der Waals surface area contributed by atoms with E-state index in [9.17, 15) is 14.8 Å². The second-order valence-corrected chi connectivity index (χ2v) is 6.35. The van der Waals surface area contributed by atoms with Gasteiger partial charge in [0.25, 0.3) is 0 Å². The van der Waals surface area contributed by atoms with Crippen molar-refractivity contribution in [2.45, 2.75) is 45.3 Å². The van der Waals surface area contributed by atoms with E-state index in [2.05, 4.69) is 0 Å². The van der Waals surface area contributed by atoms with Gasteiger partial charge in [-0.2, -0.15) is 0 Å². The third-order valence-electron chi connectivity index (χ3n) is 3.38. The summed E-state index contributed by atoms with van der Waals surface area (Å²) in [5.74, 6) is -1.38. The van der Waals surface area contributed by atoms with Crippen LogP contribution >= 0.6 is 0 Å². The van der Waals surface area contributed by atoms with Gasteiger partial charge in [-0.1, -0.05) is 30.3 Å². The van der Waals surface area contributed by atoms with Crippen LogP contribution in [-0.4, -0.2) is 33.8 Å². The fraction of sp³-hybridized carbons (Fsp3) is 0.500. The number of rotatable bonds is 3. The van der Waals surface area contributed by atoms with Crippen LogP contribution < -0.4 is 0 Å². The Balaban J connectivity index is 2.04. The molecule has 1 fully saturated rings. The number of benzene rings is 1. The van der Waals surface area contributed by atoms with Crippen LogP contribution in [0.15, 0.2) is 30.3 Å². The van der Waals surface area contributed by atoms with Crippen molar-refractivity contribution in [3.8, 4) is 0 Å². The lowest BCUT2D eigenvalue weighted by Crippen LogP contribution is -2.40. The normalized spacial score (nSPS) is 22.5. The number of hydrogen-bond acceptors (Lipinski definition) is 4. The fourth-order valence-electron chi connectivity index (χ4n) is 2.45. The van der Waals surface area contributed by atoms with E-state index >= 15 is 0 Å². The Hall–Kier alpha value is -1.88. The maximum atomic E-state index is 12.1. The third-order valence-corrected chi connectivity index (χ3v) is 3.38. The number of nitrogens with zero attached hydrogens (tertiary/aromatic N) is 1. The maximum Gasteiger partial charge on any atom is 0.332 e. The van der Waals surface area contributed by atoms with Crippen LogP contribution in [0.2, 0.25) is 0 Å². The van der Waals surface area contributed by atoms with Crippen molar-refractivity contribution in [3.63, 3.8) is 0 Å². The molecule has 5 heteroatoms. The number of carbonyl (C=O) groups excluding carboxylic acids is 2. The molecule has 1 saturated heterocycles. The average Bonchev–Trinajstić information content (AvgIpc) is 2.66. The molecule has 2 atom stereocenters. The van der Waals surface area contributed by atoms with Crippen LogP contribution in [0.5, 0.6) is 0 Å². The van der Waals surface area contributed by atoms with Crippen LogP contribution in [0.3, 0.4) is 0 Å². The summed E-state index contributed by atoms with van der Waals surface area (Å²) in [6, 6.07) is 8.64. The number of ether oxygens (including phenoxy) is 1. The molecule has 2 rings (SSSR count). The van der Waals surface area contributed by atoms with Gasteiger partial charge >= 0.3 is 5.97 Å². The minimum atomic E-state index is -0.912. The average molecular weight is 291 g/mol. The first-order valence-electron chi connectivity index (χ1n) is 7.06. The van der Waals surface area contributed by atoms with Gasteiger partial charge in [0.1, 0.15) is 5.60 Å². The summed E-state index contributed by atoms with van der Waals surface area (Å²) in [6.07, 6.45) is 0.787. The second-order valence-electron chi connectivity index (χ2n) is 6.35. The zero-order valence-corrected chi connectivity index (χ0v) is 12.6. The van der Waals surface area contributed by atoms with E-state index in [-0.39, 0.29) is 6.42 Å². The molecule has 1 heterocycles. The standard InChI is InChI=1S/C16H21NO4/c1-16(2,3)21-15(19)13-10-12(14(18)17(13)20)9-11-7-5-4-6-8-11/h4-8,12-13,20H,9-10H2,1-3H3/t12-,13-/m1/s1. The van der Waals surface area contributed by atoms with E-state index in [1.807, 2.05) is 30.3 Å². The molecular formula is C16H21NO4. The number of carbonyl (C=O) groups is 2. The molecule has 1 N–H and O–H groups in total. The highest BCUT2D eigenvalue weighted by Crippen LogP contribution is 2.28. The Morgan fingerprint density at radius 3 is 2.52 bits per heavy atom. The van der Waals surface area contributed by atoms with Crippen LogP contribution in [0, 0.1) is 5.92 Å². The monoisotopic (exact) mass is 291 g/mol. The first-order valence-corrected chi connectivity index (χ1v) is 7.06. The first kappa shape index (κ1) is 15.5. The predicted molar refractivity (Wildman–Crippen MR) is 76.5 cm³/mol. The molecule has 0 aliphatic carbocycles. The van der Waals surface area contributed by atoms with Crippen molar-refractivity contribution in [1.82, 2.24) is 5.06 Å². The lowest BCUT2D eigenvalue weighted by molar-refractivity contribution is -0.185. The van der Waals surface area contributed by atoms with Crippen LogP contribution in [0.4, 0.5) is 0 Å². The molecule has 1 aromatic carbocycles. The van der Waals surface area contributed by atoms with Gasteiger partial charge in [0.15, 0.2) is 6.04 Å². The number of hydroxylamine groups is 2. The molecule has 114 valence electrons. The highest BCUT2D eigenvalue weighted by molar-refractivity contribution is 5.89. The Labute approximate surface area is 124 Å². The van der Waals surface area contributed by atoms with Gasteiger partial charge in [0, 0.05) is 5.92 Å². The molecule has 0 spiro atoms. The molecule has 0 radical (unpaired) electrons. The summed E-state index contributed by atoms with van der Waals surface area (Å²) in [6.45, 7) is 5.26. The summed E-state index contributed by atoms with van der Waals surface area (Å²) in [5, 5.41) is 10.4. The van der Waals surface area contributed by atoms with E-state index in [0.29, 0.717) is 11.5 Å². The van der Waals surface area contributed by atoms with Crippen LogP contribution in [0.25, 0.3) is 0 Å². The van der Waals surface area contributed by atoms with Crippen LogP contribution in [0.1, 0.15) is 32.8 Å². The van der Waals surface area contributed by atoms with E-state index < -0.39 is 29.4 Å². The molecule has 1 aromatic rings. The summed E-state index contributed by atoms with van der Waals surface area (Å²) < 4.78 is 5.25. The summed E-state index contributed by atoms with van der Waals surface area (Å²) >= 11 is 0. The fourth-order valence-corrected chi connectivity index (χ4v) is 2.45. The molecule has 0 saturated carbocycles. The second kappa shape index (κ2) is 5.85. The Bertz CT molecular complexity index is 521. The van der Waals surface area contributed by atoms with Gasteiger partial charge in [-0.3, -0.25) is 10.0 Å². The summed E-state index contributed by atoms with van der Waals surface area (Å²) in [7, 11) is 0. The zero-order valence-electron chi connectivity index (χ0n) is 12.6. The summed E-state index contributed by atoms with van der Waals surface area (Å²) in [5.41, 5.74) is 0.368. The van der Waals surface area contributed by atoms with Gasteiger partial charge in [-0.05, 0) is 39.2 Å². The lowest BCUT2D eigenvalue weighted by atomic mass is 9.96. The zero-order chi connectivity index (χ0) is 15.6. The van der Waals surface area contributed by atoms with Gasteiger partial charge in [-0.15, -0.1) is 0 Å². The van der Waals surface area contributed by atoms with E-state index in [0.717, 1.165) is 5.56 Å². The maximum absolute atomic E-state index is 12.1. The third kappa shape index (κ3) is 3.82. The topological polar surface area (TPSA) is 66.8 Å². The number of amides is 1. The van der Waals surface area contributed by atoms with Crippen molar-refractivity contribution in [3.05, 3.63) is 35.9 Å². The molecule has 1 aliphatic rings. The number of hydrogen-bond donors (Lipinski definition) is 1. The quantitative estimate of drug-likeness (QED) is 0.684. The van der Waals surface area contributed by atoms with Crippen molar-refractivity contribution in [1.29, 1.82) is 0 Å². The minimum Gasteiger partial charge on any atom is -0.458 e. The van der Waals surface area contributed by atoms with Crippen molar-refractivity contribution >= 4 is 11.9 Å². The molecule has 5 nitrogen and oxygen atoms in total. The first-order chi connectivity index (χ1) is 9.78. The Morgan fingerprint density at radius 2 is 1.95 bits per heavy atom. The van der Waals surface area contributed by atoms with Crippen molar-refractivity contribution in [2.75, 3.05) is 0 Å². The molecule has 21 heavy (non-hydrogen) atoms. The van der Waals surface area contributed by atoms with Gasteiger partial charge < -0.3 is 4.74 Å². The largest absolute Gasteiger partial charge is 0.458 e. The minimum absolute atomic E-state index is 0.277. The van der Waals surface area contributed by atoms with Crippen LogP contribution in [-0.2, 0) is 20.7 Å². The van der Waals surface area contributed by atoms with Crippen molar-refractivity contribution < 1.29 is 19.5 Å². The Morgan fingerprint density at radius 1 is 1.33 bits per heavy atom. The van der Waals surface area contributed by atoms with Gasteiger partial charge in [0.05, 0.1) is 0 Å². The summed E-state index contributed by atoms with van der Waals surface area (Å²) in [4.78, 5) is 24.1. The smallest absolute Gasteiger partial charge is 0.332 e. The Kier molecular flexibility index (Phi) is 4.32. The predicted octanol–water partition coefficient (Wildman–Crippen LogP) is 2.18. The highest BCUT2D eigenvalue weighted by Gasteiger charge is 2.44. The molecule has 0 bridgehead atoms.